The average Bonchev–Trinajstić information content (AvgIpc) is 3.78. The monoisotopic (exact) mass is 675 g/mol. The van der Waals surface area contributed by atoms with Gasteiger partial charge in [-0.3, -0.25) is 9.59 Å². The van der Waals surface area contributed by atoms with Gasteiger partial charge in [-0.05, 0) is 73.7 Å². The highest BCUT2D eigenvalue weighted by molar-refractivity contribution is 7.87. The van der Waals surface area contributed by atoms with Gasteiger partial charge >= 0.3 is 10.2 Å². The van der Waals surface area contributed by atoms with E-state index in [1.165, 1.54) is 29.1 Å². The number of piperazine rings is 1. The molecule has 0 radical (unpaired) electrons. The lowest BCUT2D eigenvalue weighted by Crippen LogP contribution is -2.52. The summed E-state index contributed by atoms with van der Waals surface area (Å²) < 4.78 is 43.8. The van der Waals surface area contributed by atoms with E-state index in [1.54, 1.807) is 13.2 Å². The van der Waals surface area contributed by atoms with E-state index in [0.29, 0.717) is 64.9 Å². The van der Waals surface area contributed by atoms with Crippen molar-refractivity contribution in [3.05, 3.63) is 53.1 Å². The van der Waals surface area contributed by atoms with Gasteiger partial charge in [-0.1, -0.05) is 25.3 Å². The molecule has 0 bridgehead atoms. The molecular weight excluding hydrogens is 630 g/mol. The lowest BCUT2D eigenvalue weighted by molar-refractivity contribution is -0.141. The molecule has 2 atom stereocenters. The van der Waals surface area contributed by atoms with Crippen molar-refractivity contribution in [3.8, 4) is 17.0 Å². The van der Waals surface area contributed by atoms with E-state index >= 15 is 0 Å². The molecule has 1 aromatic heterocycles. The van der Waals surface area contributed by atoms with Crippen LogP contribution < -0.4 is 9.46 Å². The third-order valence-corrected chi connectivity index (χ3v) is 13.0. The third kappa shape index (κ3) is 5.32. The topological polar surface area (TPSA) is 113 Å². The van der Waals surface area contributed by atoms with Crippen LogP contribution in [0.3, 0.4) is 0 Å². The molecule has 2 amide bonds. The molecule has 2 unspecified atom stereocenters. The average molecular weight is 676 g/mol. The molecule has 8 rings (SSSR count). The van der Waals surface area contributed by atoms with Crippen LogP contribution in [0, 0.1) is 5.41 Å². The molecule has 256 valence electrons. The molecule has 2 aromatic carbocycles. The van der Waals surface area contributed by atoms with Crippen LogP contribution in [0.25, 0.3) is 22.2 Å². The van der Waals surface area contributed by atoms with Crippen molar-refractivity contribution in [2.75, 3.05) is 66.6 Å². The van der Waals surface area contributed by atoms with E-state index in [9.17, 15) is 18.0 Å². The predicted molar refractivity (Wildman–Crippen MR) is 182 cm³/mol. The van der Waals surface area contributed by atoms with Gasteiger partial charge in [0.05, 0.1) is 31.4 Å². The normalized spacial score (nSPS) is 25.1. The van der Waals surface area contributed by atoms with Crippen LogP contribution in [0.15, 0.2) is 36.4 Å². The number of hydrogen-bond acceptors (Lipinski definition) is 7. The molecule has 2 saturated heterocycles. The molecule has 4 fully saturated rings. The van der Waals surface area contributed by atoms with Gasteiger partial charge in [-0.2, -0.15) is 12.7 Å². The number of rotatable bonds is 6. The van der Waals surface area contributed by atoms with Crippen LogP contribution in [0.4, 0.5) is 0 Å². The van der Waals surface area contributed by atoms with Crippen LogP contribution in [-0.2, 0) is 26.3 Å². The standard InChI is InChI=1S/C36H45N5O6S/c1-38-12-14-40(15-13-38)48(44,45)37-34(42)25-8-10-28-31(20-25)41-23-36(35(43)39-16-18-47-19-17-39)22-30(36)29-21-26(46-2)9-11-27(29)33(41)32(28)24-6-4-3-5-7-24/h8-11,20-21,24,30H,3-7,12-19,22-23H2,1-2H3,(H,37,42). The molecule has 2 saturated carbocycles. The molecule has 12 heteroatoms. The van der Waals surface area contributed by atoms with Crippen LogP contribution in [0.5, 0.6) is 5.75 Å². The summed E-state index contributed by atoms with van der Waals surface area (Å²) in [5.74, 6) is 0.688. The van der Waals surface area contributed by atoms with Gasteiger partial charge in [0.15, 0.2) is 0 Å². The molecule has 11 nitrogen and oxygen atoms in total. The molecule has 5 aliphatic rings. The zero-order valence-corrected chi connectivity index (χ0v) is 28.7. The minimum atomic E-state index is -4.00. The van der Waals surface area contributed by atoms with Gasteiger partial charge in [-0.15, -0.1) is 0 Å². The van der Waals surface area contributed by atoms with Crippen LogP contribution in [-0.4, -0.2) is 106 Å². The van der Waals surface area contributed by atoms with Crippen molar-refractivity contribution >= 4 is 32.9 Å². The molecule has 3 aliphatic heterocycles. The fourth-order valence-electron chi connectivity index (χ4n) is 8.77. The number of ether oxygens (including phenoxy) is 2. The Morgan fingerprint density at radius 1 is 0.958 bits per heavy atom. The number of likely N-dealkylation sites (N-methyl/N-ethyl adjacent to an activating group) is 1. The summed E-state index contributed by atoms with van der Waals surface area (Å²) in [5.41, 5.74) is 5.21. The van der Waals surface area contributed by atoms with E-state index in [-0.39, 0.29) is 17.4 Å². The van der Waals surface area contributed by atoms with Gasteiger partial charge in [0, 0.05) is 73.8 Å². The number of benzene rings is 2. The number of aromatic nitrogens is 1. The lowest BCUT2D eigenvalue weighted by Gasteiger charge is -2.31. The zero-order chi connectivity index (χ0) is 33.2. The predicted octanol–water partition coefficient (Wildman–Crippen LogP) is 3.93. The lowest BCUT2D eigenvalue weighted by atomic mass is 9.81. The molecule has 2 aliphatic carbocycles. The molecule has 3 aromatic rings. The third-order valence-electron chi connectivity index (χ3n) is 11.5. The summed E-state index contributed by atoms with van der Waals surface area (Å²) in [5, 5.41) is 1.07. The fraction of sp³-hybridized carbons (Fsp3) is 0.556. The Kier molecular flexibility index (Phi) is 8.05. The summed E-state index contributed by atoms with van der Waals surface area (Å²) in [7, 11) is -0.362. The van der Waals surface area contributed by atoms with E-state index < -0.39 is 21.5 Å². The first-order valence-corrected chi connectivity index (χ1v) is 18.9. The second kappa shape index (κ2) is 12.2. The van der Waals surface area contributed by atoms with Gasteiger partial charge in [0.25, 0.3) is 5.91 Å². The van der Waals surface area contributed by atoms with E-state index in [2.05, 4.69) is 26.3 Å². The Labute approximate surface area is 282 Å². The summed E-state index contributed by atoms with van der Waals surface area (Å²) in [6, 6.07) is 11.9. The number of amides is 2. The second-order valence-corrected chi connectivity index (χ2v) is 16.0. The second-order valence-electron chi connectivity index (χ2n) is 14.3. The largest absolute Gasteiger partial charge is 0.497 e. The maximum Gasteiger partial charge on any atom is 0.304 e. The van der Waals surface area contributed by atoms with Crippen molar-refractivity contribution < 1.29 is 27.5 Å². The number of fused-ring (bicyclic) bond motifs is 7. The minimum absolute atomic E-state index is 0.0484. The number of hydrogen-bond donors (Lipinski definition) is 1. The highest BCUT2D eigenvalue weighted by atomic mass is 32.2. The molecule has 0 spiro atoms. The maximum absolute atomic E-state index is 14.5. The summed E-state index contributed by atoms with van der Waals surface area (Å²) in [6.45, 7) is 4.62. The minimum Gasteiger partial charge on any atom is -0.497 e. The maximum atomic E-state index is 14.5. The Hall–Kier alpha value is -3.45. The van der Waals surface area contributed by atoms with Crippen molar-refractivity contribution in [2.45, 2.75) is 56.9 Å². The van der Waals surface area contributed by atoms with E-state index in [1.807, 2.05) is 30.1 Å². The van der Waals surface area contributed by atoms with Crippen LogP contribution in [0.2, 0.25) is 0 Å². The quantitative estimate of drug-likeness (QED) is 0.422. The molecule has 1 N–H and O–H groups in total. The number of methoxy groups -OCH3 is 1. The van der Waals surface area contributed by atoms with E-state index in [4.69, 9.17) is 9.47 Å². The Morgan fingerprint density at radius 3 is 2.44 bits per heavy atom. The first kappa shape index (κ1) is 31.8. The molecular formula is C36H45N5O6S. The fourth-order valence-corrected chi connectivity index (χ4v) is 9.90. The first-order valence-electron chi connectivity index (χ1n) is 17.4. The van der Waals surface area contributed by atoms with Crippen molar-refractivity contribution in [3.63, 3.8) is 0 Å². The zero-order valence-electron chi connectivity index (χ0n) is 27.9. The Balaban J connectivity index is 1.26. The van der Waals surface area contributed by atoms with Crippen LogP contribution in [0.1, 0.15) is 71.8 Å². The number of morpholine rings is 1. The van der Waals surface area contributed by atoms with Crippen LogP contribution >= 0.6 is 0 Å². The number of carbonyl (C=O) groups excluding carboxylic acids is 2. The SMILES string of the molecule is COc1ccc2c(c1)C1CC1(C(=O)N1CCOCC1)Cn1c-2c(C2CCCCC2)c2ccc(C(=O)NS(=O)(=O)N3CCN(C)CC3)cc21. The molecule has 4 heterocycles. The highest BCUT2D eigenvalue weighted by Gasteiger charge is 2.64. The van der Waals surface area contributed by atoms with Crippen molar-refractivity contribution in [2.24, 2.45) is 5.41 Å². The van der Waals surface area contributed by atoms with Gasteiger partial charge in [-0.25, -0.2) is 4.72 Å². The van der Waals surface area contributed by atoms with Gasteiger partial charge in [0.1, 0.15) is 5.75 Å². The first-order chi connectivity index (χ1) is 23.2. The van der Waals surface area contributed by atoms with E-state index in [0.717, 1.165) is 52.7 Å². The summed E-state index contributed by atoms with van der Waals surface area (Å²) >= 11 is 0. The Morgan fingerprint density at radius 2 is 1.71 bits per heavy atom. The smallest absolute Gasteiger partial charge is 0.304 e. The number of nitrogens with one attached hydrogen (secondary N) is 1. The van der Waals surface area contributed by atoms with Crippen molar-refractivity contribution in [1.29, 1.82) is 0 Å². The Bertz CT molecular complexity index is 1870. The highest BCUT2D eigenvalue weighted by Crippen LogP contribution is 2.66. The van der Waals surface area contributed by atoms with Gasteiger partial charge < -0.3 is 23.8 Å². The summed E-state index contributed by atoms with van der Waals surface area (Å²) in [6.07, 6.45) is 6.47. The summed E-state index contributed by atoms with van der Waals surface area (Å²) in [4.78, 5) is 32.2. The molecule has 48 heavy (non-hydrogen) atoms. The van der Waals surface area contributed by atoms with Crippen molar-refractivity contribution in [1.82, 2.24) is 23.4 Å². The van der Waals surface area contributed by atoms with Gasteiger partial charge in [0.2, 0.25) is 5.91 Å². The number of carbonyl (C=O) groups is 2. The number of nitrogens with zero attached hydrogens (tertiary/aromatic N) is 4.